The van der Waals surface area contributed by atoms with Gasteiger partial charge < -0.3 is 0 Å². The van der Waals surface area contributed by atoms with E-state index in [1.165, 1.54) is 0 Å². The van der Waals surface area contributed by atoms with Gasteiger partial charge in [-0.15, -0.1) is 0 Å². The molecule has 3 heteroatoms. The molecule has 0 heterocycles. The number of alkyl halides is 1. The van der Waals surface area contributed by atoms with Gasteiger partial charge >= 0.3 is 0 Å². The van der Waals surface area contributed by atoms with E-state index in [0.29, 0.717) is 10.6 Å². The first-order valence-electron chi connectivity index (χ1n) is 4.96. The van der Waals surface area contributed by atoms with Crippen LogP contribution in [0.1, 0.15) is 17.3 Å². The number of fused-ring (bicyclic) bond motifs is 1. The van der Waals surface area contributed by atoms with E-state index >= 15 is 0 Å². The van der Waals surface area contributed by atoms with Gasteiger partial charge in [-0.05, 0) is 24.4 Å². The molecule has 0 saturated carbocycles. The summed E-state index contributed by atoms with van der Waals surface area (Å²) in [4.78, 5) is 11.6. The van der Waals surface area contributed by atoms with Crippen LogP contribution in [0.25, 0.3) is 10.8 Å². The van der Waals surface area contributed by atoms with E-state index in [-0.39, 0.29) is 10.6 Å². The Morgan fingerprint density at radius 1 is 1.31 bits per heavy atom. The minimum Gasteiger partial charge on any atom is -0.293 e. The molecule has 0 amide bonds. The zero-order valence-electron chi connectivity index (χ0n) is 8.71. The van der Waals surface area contributed by atoms with Crippen molar-refractivity contribution >= 4 is 44.1 Å². The number of carbonyl (C=O) groups is 1. The van der Waals surface area contributed by atoms with Gasteiger partial charge in [0.2, 0.25) is 0 Å². The Bertz CT molecular complexity index is 549. The summed E-state index contributed by atoms with van der Waals surface area (Å²) in [5, 5.41) is 2.64. The first-order valence-corrected chi connectivity index (χ1v) is 6.25. The van der Waals surface area contributed by atoms with Crippen molar-refractivity contribution in [1.29, 1.82) is 0 Å². The molecule has 16 heavy (non-hydrogen) atoms. The monoisotopic (exact) mass is 296 g/mol. The van der Waals surface area contributed by atoms with Crippen LogP contribution in [0.4, 0.5) is 0 Å². The van der Waals surface area contributed by atoms with Gasteiger partial charge in [0.05, 0.1) is 4.83 Å². The van der Waals surface area contributed by atoms with Gasteiger partial charge in [0.1, 0.15) is 0 Å². The molecule has 0 aromatic heterocycles. The third-order valence-electron chi connectivity index (χ3n) is 2.47. The SMILES string of the molecule is CC(Br)C(=O)c1ccc2cccc(Cl)c2c1. The molecule has 2 rings (SSSR count). The van der Waals surface area contributed by atoms with E-state index in [1.807, 2.05) is 43.3 Å². The van der Waals surface area contributed by atoms with E-state index in [4.69, 9.17) is 11.6 Å². The fourth-order valence-electron chi connectivity index (χ4n) is 1.62. The molecule has 0 aliphatic rings. The molecule has 0 aliphatic carbocycles. The lowest BCUT2D eigenvalue weighted by atomic mass is 10.0. The number of hydrogen-bond acceptors (Lipinski definition) is 1. The molecule has 1 unspecified atom stereocenters. The Kier molecular flexibility index (Phi) is 3.31. The zero-order valence-corrected chi connectivity index (χ0v) is 11.0. The highest BCUT2D eigenvalue weighted by atomic mass is 79.9. The highest BCUT2D eigenvalue weighted by molar-refractivity contribution is 9.10. The number of rotatable bonds is 2. The molecule has 2 aromatic rings. The van der Waals surface area contributed by atoms with E-state index in [1.54, 1.807) is 0 Å². The smallest absolute Gasteiger partial charge is 0.176 e. The lowest BCUT2D eigenvalue weighted by Crippen LogP contribution is -2.09. The second-order valence-corrected chi connectivity index (χ2v) is 5.44. The first kappa shape index (κ1) is 11.6. The van der Waals surface area contributed by atoms with Gasteiger partial charge in [0, 0.05) is 16.0 Å². The molecule has 2 aromatic carbocycles. The number of halogens is 2. The Morgan fingerprint density at radius 3 is 2.75 bits per heavy atom. The lowest BCUT2D eigenvalue weighted by molar-refractivity contribution is 0.0996. The molecule has 82 valence electrons. The molecule has 1 atom stereocenters. The van der Waals surface area contributed by atoms with E-state index in [2.05, 4.69) is 15.9 Å². The predicted octanol–water partition coefficient (Wildman–Crippen LogP) is 4.46. The van der Waals surface area contributed by atoms with Crippen molar-refractivity contribution in [2.45, 2.75) is 11.8 Å². The predicted molar refractivity (Wildman–Crippen MR) is 71.7 cm³/mol. The number of ketones is 1. The largest absolute Gasteiger partial charge is 0.293 e. The van der Waals surface area contributed by atoms with Crippen molar-refractivity contribution in [2.75, 3.05) is 0 Å². The average molecular weight is 298 g/mol. The minimum absolute atomic E-state index is 0.0711. The van der Waals surface area contributed by atoms with E-state index in [9.17, 15) is 4.79 Å². The summed E-state index contributed by atoms with van der Waals surface area (Å²) in [6.45, 7) is 1.82. The highest BCUT2D eigenvalue weighted by Gasteiger charge is 2.12. The fourth-order valence-corrected chi connectivity index (χ4v) is 2.12. The minimum atomic E-state index is -0.174. The number of hydrogen-bond donors (Lipinski definition) is 0. The Hall–Kier alpha value is -0.860. The Labute approximate surface area is 108 Å². The summed E-state index contributed by atoms with van der Waals surface area (Å²) >= 11 is 9.37. The second-order valence-electron chi connectivity index (χ2n) is 3.66. The second kappa shape index (κ2) is 4.56. The molecule has 0 spiro atoms. The maximum absolute atomic E-state index is 11.8. The maximum atomic E-state index is 11.8. The Balaban J connectivity index is 2.59. The normalized spacial score (nSPS) is 12.7. The van der Waals surface area contributed by atoms with Crippen molar-refractivity contribution in [3.05, 3.63) is 47.0 Å². The molecule has 1 nitrogen and oxygen atoms in total. The van der Waals surface area contributed by atoms with Crippen LogP contribution in [-0.4, -0.2) is 10.6 Å². The van der Waals surface area contributed by atoms with Crippen molar-refractivity contribution in [3.8, 4) is 0 Å². The lowest BCUT2D eigenvalue weighted by Gasteiger charge is -2.05. The van der Waals surface area contributed by atoms with Gasteiger partial charge in [-0.1, -0.05) is 51.8 Å². The summed E-state index contributed by atoms with van der Waals surface area (Å²) in [6, 6.07) is 11.3. The van der Waals surface area contributed by atoms with Crippen molar-refractivity contribution in [1.82, 2.24) is 0 Å². The van der Waals surface area contributed by atoms with Crippen LogP contribution in [0, 0.1) is 0 Å². The molecular weight excluding hydrogens is 287 g/mol. The summed E-state index contributed by atoms with van der Waals surface area (Å²) in [6.07, 6.45) is 0. The molecule has 0 fully saturated rings. The van der Waals surface area contributed by atoms with Gasteiger partial charge in [-0.25, -0.2) is 0 Å². The summed E-state index contributed by atoms with van der Waals surface area (Å²) in [7, 11) is 0. The van der Waals surface area contributed by atoms with Crippen LogP contribution in [0.2, 0.25) is 5.02 Å². The first-order chi connectivity index (χ1) is 7.59. The third-order valence-corrected chi connectivity index (χ3v) is 3.22. The Morgan fingerprint density at radius 2 is 2.06 bits per heavy atom. The van der Waals surface area contributed by atoms with Crippen LogP contribution in [0.15, 0.2) is 36.4 Å². The highest BCUT2D eigenvalue weighted by Crippen LogP contribution is 2.25. The standard InChI is InChI=1S/C13H10BrClO/c1-8(14)13(16)10-6-5-9-3-2-4-12(15)11(9)7-10/h2-8H,1H3. The van der Waals surface area contributed by atoms with Crippen LogP contribution in [-0.2, 0) is 0 Å². The molecule has 0 bridgehead atoms. The van der Waals surface area contributed by atoms with Crippen LogP contribution < -0.4 is 0 Å². The molecule has 0 radical (unpaired) electrons. The van der Waals surface area contributed by atoms with Gasteiger partial charge in [-0.3, -0.25) is 4.79 Å². The summed E-state index contributed by atoms with van der Waals surface area (Å²) in [5.41, 5.74) is 0.685. The average Bonchev–Trinajstić information content (AvgIpc) is 2.28. The molecule has 0 N–H and O–H groups in total. The summed E-state index contributed by atoms with van der Waals surface area (Å²) in [5.74, 6) is 0.0711. The van der Waals surface area contributed by atoms with Gasteiger partial charge in [0.15, 0.2) is 5.78 Å². The van der Waals surface area contributed by atoms with Crippen LogP contribution in [0.5, 0.6) is 0 Å². The molecule has 0 saturated heterocycles. The van der Waals surface area contributed by atoms with E-state index in [0.717, 1.165) is 10.8 Å². The topological polar surface area (TPSA) is 17.1 Å². The van der Waals surface area contributed by atoms with Crippen molar-refractivity contribution in [2.24, 2.45) is 0 Å². The van der Waals surface area contributed by atoms with Crippen molar-refractivity contribution < 1.29 is 4.79 Å². The molecule has 0 aliphatic heterocycles. The number of carbonyl (C=O) groups excluding carboxylic acids is 1. The maximum Gasteiger partial charge on any atom is 0.176 e. The summed E-state index contributed by atoms with van der Waals surface area (Å²) < 4.78 is 0. The molecular formula is C13H10BrClO. The van der Waals surface area contributed by atoms with Crippen LogP contribution >= 0.6 is 27.5 Å². The van der Waals surface area contributed by atoms with Gasteiger partial charge in [0.25, 0.3) is 0 Å². The quantitative estimate of drug-likeness (QED) is 0.591. The van der Waals surface area contributed by atoms with E-state index < -0.39 is 0 Å². The fraction of sp³-hybridized carbons (Fsp3) is 0.154. The van der Waals surface area contributed by atoms with Gasteiger partial charge in [-0.2, -0.15) is 0 Å². The number of Topliss-reactive ketones (excluding diaryl/α,β-unsaturated/α-hetero) is 1. The third kappa shape index (κ3) is 2.13. The zero-order chi connectivity index (χ0) is 11.7. The number of benzene rings is 2. The van der Waals surface area contributed by atoms with Crippen LogP contribution in [0.3, 0.4) is 0 Å². The van der Waals surface area contributed by atoms with Crippen molar-refractivity contribution in [3.63, 3.8) is 0 Å².